The predicted octanol–water partition coefficient (Wildman–Crippen LogP) is 3.71. The fourth-order valence-electron chi connectivity index (χ4n) is 2.34. The van der Waals surface area contributed by atoms with E-state index < -0.39 is 18.0 Å². The van der Waals surface area contributed by atoms with Crippen molar-refractivity contribution in [1.82, 2.24) is 0 Å². The molecule has 2 aromatic rings. The highest BCUT2D eigenvalue weighted by atomic mass is 16.5. The van der Waals surface area contributed by atoms with Gasteiger partial charge in [-0.2, -0.15) is 0 Å². The minimum Gasteiger partial charge on any atom is -0.505 e. The monoisotopic (exact) mass is 357 g/mol. The van der Waals surface area contributed by atoms with Gasteiger partial charge in [0.1, 0.15) is 11.3 Å². The minimum atomic E-state index is -0.791. The third-order valence-electron chi connectivity index (χ3n) is 3.93. The van der Waals surface area contributed by atoms with Crippen LogP contribution in [0.4, 0.5) is 5.69 Å². The van der Waals surface area contributed by atoms with Gasteiger partial charge in [0.15, 0.2) is 11.9 Å². The van der Waals surface area contributed by atoms with Crippen molar-refractivity contribution in [2.75, 3.05) is 12.4 Å². The van der Waals surface area contributed by atoms with Crippen LogP contribution in [0.3, 0.4) is 0 Å². The van der Waals surface area contributed by atoms with Crippen molar-refractivity contribution >= 4 is 17.6 Å². The lowest BCUT2D eigenvalue weighted by Gasteiger charge is -2.16. The number of anilines is 1. The van der Waals surface area contributed by atoms with Gasteiger partial charge in [0.05, 0.1) is 12.8 Å². The highest BCUT2D eigenvalue weighted by Crippen LogP contribution is 2.28. The summed E-state index contributed by atoms with van der Waals surface area (Å²) in [5.74, 6) is -0.496. The summed E-state index contributed by atoms with van der Waals surface area (Å²) >= 11 is 0. The number of phenolic OH excluding ortho intramolecular Hbond substituents is 1. The van der Waals surface area contributed by atoms with Gasteiger partial charge in [-0.05, 0) is 42.7 Å². The summed E-state index contributed by atoms with van der Waals surface area (Å²) in [6.45, 7) is 5.80. The Morgan fingerprint density at radius 1 is 1.04 bits per heavy atom. The molecule has 1 unspecified atom stereocenters. The first kappa shape index (κ1) is 19.3. The van der Waals surface area contributed by atoms with Gasteiger partial charge < -0.3 is 19.9 Å². The van der Waals surface area contributed by atoms with Crippen LogP contribution in [0.1, 0.15) is 42.6 Å². The second-order valence-corrected chi connectivity index (χ2v) is 6.17. The molecule has 0 radical (unpaired) electrons. The van der Waals surface area contributed by atoms with Crippen molar-refractivity contribution in [1.29, 1.82) is 0 Å². The molecule has 0 heterocycles. The second-order valence-electron chi connectivity index (χ2n) is 6.17. The van der Waals surface area contributed by atoms with E-state index in [1.165, 1.54) is 30.9 Å². The summed E-state index contributed by atoms with van der Waals surface area (Å²) in [4.78, 5) is 23.9. The number of amides is 1. The minimum absolute atomic E-state index is 0.0249. The number of para-hydroxylation sites is 1. The smallest absolute Gasteiger partial charge is 0.341 e. The maximum atomic E-state index is 12.3. The number of esters is 1. The molecule has 6 nitrogen and oxygen atoms in total. The molecule has 138 valence electrons. The van der Waals surface area contributed by atoms with Crippen LogP contribution in [0.5, 0.6) is 11.5 Å². The van der Waals surface area contributed by atoms with E-state index in [1.807, 2.05) is 24.3 Å². The number of carbonyl (C=O) groups is 2. The van der Waals surface area contributed by atoms with Crippen molar-refractivity contribution < 1.29 is 24.2 Å². The van der Waals surface area contributed by atoms with E-state index in [-0.39, 0.29) is 17.0 Å². The number of methoxy groups -OCH3 is 1. The fourth-order valence-corrected chi connectivity index (χ4v) is 2.34. The number of rotatable bonds is 6. The van der Waals surface area contributed by atoms with Crippen LogP contribution in [0, 0.1) is 0 Å². The molecule has 1 amide bonds. The fraction of sp³-hybridized carbons (Fsp3) is 0.300. The molecular weight excluding hydrogens is 334 g/mol. The van der Waals surface area contributed by atoms with E-state index in [9.17, 15) is 14.7 Å². The molecule has 0 spiro atoms. The van der Waals surface area contributed by atoms with Gasteiger partial charge in [-0.3, -0.25) is 4.79 Å². The lowest BCUT2D eigenvalue weighted by Crippen LogP contribution is -2.30. The zero-order chi connectivity index (χ0) is 19.3. The number of phenols is 1. The first-order chi connectivity index (χ1) is 12.3. The van der Waals surface area contributed by atoms with Crippen molar-refractivity contribution in [2.24, 2.45) is 0 Å². The lowest BCUT2D eigenvalue weighted by atomic mass is 10.0. The number of ether oxygens (including phenoxy) is 2. The van der Waals surface area contributed by atoms with E-state index in [0.717, 1.165) is 0 Å². The zero-order valence-electron chi connectivity index (χ0n) is 15.3. The second kappa shape index (κ2) is 8.38. The van der Waals surface area contributed by atoms with Gasteiger partial charge in [-0.1, -0.05) is 32.0 Å². The SMILES string of the molecule is COC(=O)c1cccc(NC(=O)C(C)Oc2ccc(C(C)C)cc2)c1O. The van der Waals surface area contributed by atoms with Crippen LogP contribution in [0.15, 0.2) is 42.5 Å². The number of hydrogen-bond donors (Lipinski definition) is 2. The van der Waals surface area contributed by atoms with Crippen molar-refractivity contribution in [3.63, 3.8) is 0 Å². The van der Waals surface area contributed by atoms with E-state index in [1.54, 1.807) is 6.92 Å². The predicted molar refractivity (Wildman–Crippen MR) is 98.7 cm³/mol. The third-order valence-corrected chi connectivity index (χ3v) is 3.93. The molecule has 0 bridgehead atoms. The van der Waals surface area contributed by atoms with E-state index in [0.29, 0.717) is 11.7 Å². The van der Waals surface area contributed by atoms with Crippen molar-refractivity contribution in [2.45, 2.75) is 32.8 Å². The maximum absolute atomic E-state index is 12.3. The lowest BCUT2D eigenvalue weighted by molar-refractivity contribution is -0.122. The molecule has 0 aromatic heterocycles. The normalized spacial score (nSPS) is 11.7. The Labute approximate surface area is 152 Å². The molecule has 0 fully saturated rings. The number of nitrogens with one attached hydrogen (secondary N) is 1. The van der Waals surface area contributed by atoms with Crippen molar-refractivity contribution in [3.05, 3.63) is 53.6 Å². The number of carbonyl (C=O) groups excluding carboxylic acids is 2. The van der Waals surface area contributed by atoms with Crippen LogP contribution in [-0.2, 0) is 9.53 Å². The van der Waals surface area contributed by atoms with Crippen LogP contribution < -0.4 is 10.1 Å². The van der Waals surface area contributed by atoms with Crippen LogP contribution in [-0.4, -0.2) is 30.2 Å². The zero-order valence-corrected chi connectivity index (χ0v) is 15.3. The highest BCUT2D eigenvalue weighted by molar-refractivity contribution is 5.99. The number of aromatic hydroxyl groups is 1. The molecule has 26 heavy (non-hydrogen) atoms. The molecule has 6 heteroatoms. The van der Waals surface area contributed by atoms with Gasteiger partial charge in [0.25, 0.3) is 5.91 Å². The molecule has 0 aliphatic heterocycles. The number of benzene rings is 2. The summed E-state index contributed by atoms with van der Waals surface area (Å²) in [7, 11) is 1.22. The van der Waals surface area contributed by atoms with E-state index >= 15 is 0 Å². The average Bonchev–Trinajstić information content (AvgIpc) is 2.63. The summed E-state index contributed by atoms with van der Waals surface area (Å²) in [5, 5.41) is 12.7. The van der Waals surface area contributed by atoms with Crippen LogP contribution in [0.25, 0.3) is 0 Å². The summed E-state index contributed by atoms with van der Waals surface area (Å²) in [6, 6.07) is 12.0. The Hall–Kier alpha value is -3.02. The average molecular weight is 357 g/mol. The molecule has 2 aromatic carbocycles. The van der Waals surface area contributed by atoms with Gasteiger partial charge >= 0.3 is 5.97 Å². The first-order valence-electron chi connectivity index (χ1n) is 8.31. The Kier molecular flexibility index (Phi) is 6.22. The van der Waals surface area contributed by atoms with E-state index in [4.69, 9.17) is 4.74 Å². The van der Waals surface area contributed by atoms with Crippen LogP contribution in [0.2, 0.25) is 0 Å². The molecule has 0 aliphatic carbocycles. The molecule has 0 saturated carbocycles. The largest absolute Gasteiger partial charge is 0.505 e. The summed E-state index contributed by atoms with van der Waals surface area (Å²) < 4.78 is 10.2. The van der Waals surface area contributed by atoms with Crippen LogP contribution >= 0.6 is 0 Å². The standard InChI is InChI=1S/C20H23NO5/c1-12(2)14-8-10-15(11-9-14)26-13(3)19(23)21-17-7-5-6-16(18(17)22)20(24)25-4/h5-13,22H,1-4H3,(H,21,23). The molecule has 0 aliphatic rings. The summed E-state index contributed by atoms with van der Waals surface area (Å²) in [6.07, 6.45) is -0.791. The molecule has 2 rings (SSSR count). The van der Waals surface area contributed by atoms with Gasteiger partial charge in [-0.15, -0.1) is 0 Å². The first-order valence-corrected chi connectivity index (χ1v) is 8.31. The van der Waals surface area contributed by atoms with Crippen molar-refractivity contribution in [3.8, 4) is 11.5 Å². The Balaban J connectivity index is 2.06. The molecule has 2 N–H and O–H groups in total. The Bertz CT molecular complexity index is 783. The number of hydrogen-bond acceptors (Lipinski definition) is 5. The summed E-state index contributed by atoms with van der Waals surface area (Å²) in [5.41, 5.74) is 1.27. The quantitative estimate of drug-likeness (QED) is 0.608. The molecule has 1 atom stereocenters. The maximum Gasteiger partial charge on any atom is 0.341 e. The molecule has 0 saturated heterocycles. The van der Waals surface area contributed by atoms with E-state index in [2.05, 4.69) is 23.9 Å². The Morgan fingerprint density at radius 3 is 2.27 bits per heavy atom. The molecular formula is C20H23NO5. The van der Waals surface area contributed by atoms with Gasteiger partial charge in [-0.25, -0.2) is 4.79 Å². The Morgan fingerprint density at radius 2 is 1.69 bits per heavy atom. The topological polar surface area (TPSA) is 84.9 Å². The van der Waals surface area contributed by atoms with Gasteiger partial charge in [0.2, 0.25) is 0 Å². The highest BCUT2D eigenvalue weighted by Gasteiger charge is 2.19. The third kappa shape index (κ3) is 4.53. The van der Waals surface area contributed by atoms with Gasteiger partial charge in [0, 0.05) is 0 Å².